The fraction of sp³-hybridized carbons (Fsp3) is 0.214. The summed E-state index contributed by atoms with van der Waals surface area (Å²) in [5.41, 5.74) is 1.36. The van der Waals surface area contributed by atoms with Crippen LogP contribution in [0.5, 0.6) is 5.88 Å². The molecule has 0 saturated carbocycles. The van der Waals surface area contributed by atoms with Crippen molar-refractivity contribution in [1.82, 2.24) is 4.98 Å². The number of hydrogen-bond acceptors (Lipinski definition) is 4. The number of nitrogens with one attached hydrogen (secondary N) is 1. The molecule has 1 aromatic heterocycles. The van der Waals surface area contributed by atoms with Crippen molar-refractivity contribution in [1.29, 1.82) is 0 Å². The summed E-state index contributed by atoms with van der Waals surface area (Å²) in [6.07, 6.45) is 1.42. The summed E-state index contributed by atoms with van der Waals surface area (Å²) < 4.78 is 32.9. The van der Waals surface area contributed by atoms with Crippen LogP contribution in [0.15, 0.2) is 45.9 Å². The number of hydrogen-bond donors (Lipinski definition) is 1. The van der Waals surface area contributed by atoms with E-state index >= 15 is 0 Å². The van der Waals surface area contributed by atoms with Gasteiger partial charge in [-0.05, 0) is 53.5 Å². The lowest BCUT2D eigenvalue weighted by atomic mass is 10.2. The van der Waals surface area contributed by atoms with Gasteiger partial charge in [-0.3, -0.25) is 4.72 Å². The molecule has 0 fully saturated rings. The van der Waals surface area contributed by atoms with Gasteiger partial charge in [-0.2, -0.15) is 0 Å². The third-order valence-corrected chi connectivity index (χ3v) is 5.02. The highest BCUT2D eigenvalue weighted by atomic mass is 79.9. The van der Waals surface area contributed by atoms with Crippen LogP contribution in [0.4, 0.5) is 5.69 Å². The summed E-state index contributed by atoms with van der Waals surface area (Å²) in [4.78, 5) is 4.20. The fourth-order valence-electron chi connectivity index (χ4n) is 1.71. The second kappa shape index (κ2) is 6.44. The lowest BCUT2D eigenvalue weighted by molar-refractivity contribution is 0.327. The van der Waals surface area contributed by atoms with Crippen LogP contribution in [0, 0.1) is 6.92 Å². The van der Waals surface area contributed by atoms with E-state index in [2.05, 4.69) is 25.6 Å². The summed E-state index contributed by atoms with van der Waals surface area (Å²) >= 11 is 3.27. The Kier molecular flexibility index (Phi) is 4.84. The van der Waals surface area contributed by atoms with Crippen LogP contribution in [0.25, 0.3) is 0 Å². The van der Waals surface area contributed by atoms with Gasteiger partial charge in [0.25, 0.3) is 10.0 Å². The molecular weight excluding hydrogens is 356 g/mol. The Bertz CT molecular complexity index is 730. The minimum Gasteiger partial charge on any atom is -0.478 e. The molecule has 112 valence electrons. The largest absolute Gasteiger partial charge is 0.478 e. The summed E-state index contributed by atoms with van der Waals surface area (Å²) in [6, 6.07) is 8.29. The molecule has 5 nitrogen and oxygen atoms in total. The van der Waals surface area contributed by atoms with E-state index in [0.717, 1.165) is 5.56 Å². The number of nitrogens with zero attached hydrogens (tertiary/aromatic N) is 1. The average molecular weight is 371 g/mol. The zero-order valence-corrected chi connectivity index (χ0v) is 14.0. The van der Waals surface area contributed by atoms with Gasteiger partial charge in [0.05, 0.1) is 18.5 Å². The molecule has 2 rings (SSSR count). The summed E-state index contributed by atoms with van der Waals surface area (Å²) in [6.45, 7) is 4.26. The van der Waals surface area contributed by atoms with Crippen molar-refractivity contribution < 1.29 is 13.2 Å². The van der Waals surface area contributed by atoms with Crippen molar-refractivity contribution in [2.45, 2.75) is 18.7 Å². The molecule has 1 N–H and O–H groups in total. The van der Waals surface area contributed by atoms with Gasteiger partial charge in [-0.1, -0.05) is 6.07 Å². The number of anilines is 1. The summed E-state index contributed by atoms with van der Waals surface area (Å²) in [7, 11) is -3.66. The number of aromatic nitrogens is 1. The monoisotopic (exact) mass is 370 g/mol. The number of pyridine rings is 1. The molecule has 0 bridgehead atoms. The molecule has 1 aromatic carbocycles. The van der Waals surface area contributed by atoms with Crippen LogP contribution < -0.4 is 9.46 Å². The van der Waals surface area contributed by atoms with Gasteiger partial charge >= 0.3 is 0 Å². The Morgan fingerprint density at radius 2 is 2.05 bits per heavy atom. The topological polar surface area (TPSA) is 68.3 Å². The maximum Gasteiger partial charge on any atom is 0.263 e. The Hall–Kier alpha value is -1.60. The predicted octanol–water partition coefficient (Wildman–Crippen LogP) is 3.35. The van der Waals surface area contributed by atoms with Crippen LogP contribution in [0.2, 0.25) is 0 Å². The zero-order valence-electron chi connectivity index (χ0n) is 11.6. The smallest absolute Gasteiger partial charge is 0.263 e. The van der Waals surface area contributed by atoms with Crippen molar-refractivity contribution in [2.75, 3.05) is 11.3 Å². The van der Waals surface area contributed by atoms with Crippen LogP contribution in [-0.2, 0) is 10.0 Å². The van der Waals surface area contributed by atoms with Gasteiger partial charge in [0.1, 0.15) is 4.90 Å². The Morgan fingerprint density at radius 3 is 2.62 bits per heavy atom. The minimum absolute atomic E-state index is 0.182. The first kappa shape index (κ1) is 15.8. The SMILES string of the molecule is CCOc1ccc(NS(=O)(=O)c2ccc(C)cc2Br)cn1. The Morgan fingerprint density at radius 1 is 1.29 bits per heavy atom. The van der Waals surface area contributed by atoms with Crippen molar-refractivity contribution >= 4 is 31.6 Å². The first-order valence-corrected chi connectivity index (χ1v) is 8.58. The fourth-order valence-corrected chi connectivity index (χ4v) is 3.94. The molecule has 0 aliphatic heterocycles. The van der Waals surface area contributed by atoms with E-state index in [1.807, 2.05) is 13.8 Å². The summed E-state index contributed by atoms with van der Waals surface area (Å²) in [5, 5.41) is 0. The van der Waals surface area contributed by atoms with Gasteiger partial charge in [-0.15, -0.1) is 0 Å². The number of halogens is 1. The quantitative estimate of drug-likeness (QED) is 0.875. The first-order valence-electron chi connectivity index (χ1n) is 6.30. The molecule has 7 heteroatoms. The molecule has 1 heterocycles. The molecule has 2 aromatic rings. The normalized spacial score (nSPS) is 11.2. The molecule has 0 spiro atoms. The van der Waals surface area contributed by atoms with Crippen molar-refractivity contribution in [2.24, 2.45) is 0 Å². The molecule has 21 heavy (non-hydrogen) atoms. The molecule has 0 amide bonds. The second-order valence-corrected chi connectivity index (χ2v) is 6.86. The van der Waals surface area contributed by atoms with E-state index < -0.39 is 10.0 Å². The number of ether oxygens (including phenoxy) is 1. The first-order chi connectivity index (χ1) is 9.92. The standard InChI is InChI=1S/C14H15BrN2O3S/c1-3-20-14-7-5-11(9-16-14)17-21(18,19)13-6-4-10(2)8-12(13)15/h4-9,17H,3H2,1-2H3. The van der Waals surface area contributed by atoms with Crippen molar-refractivity contribution in [3.8, 4) is 5.88 Å². The van der Waals surface area contributed by atoms with E-state index in [0.29, 0.717) is 22.6 Å². The van der Waals surface area contributed by atoms with E-state index in [4.69, 9.17) is 4.74 Å². The molecule has 0 aliphatic carbocycles. The number of benzene rings is 1. The Labute approximate surface area is 132 Å². The maximum atomic E-state index is 12.3. The van der Waals surface area contributed by atoms with Crippen LogP contribution >= 0.6 is 15.9 Å². The molecule has 0 unspecified atom stereocenters. The van der Waals surface area contributed by atoms with Crippen LogP contribution in [-0.4, -0.2) is 20.0 Å². The third kappa shape index (κ3) is 3.95. The minimum atomic E-state index is -3.66. The number of sulfonamides is 1. The van der Waals surface area contributed by atoms with E-state index in [1.165, 1.54) is 6.20 Å². The molecule has 0 aliphatic rings. The molecule has 0 atom stereocenters. The van der Waals surface area contributed by atoms with Gasteiger partial charge in [-0.25, -0.2) is 13.4 Å². The lowest BCUT2D eigenvalue weighted by Gasteiger charge is -2.10. The molecule has 0 saturated heterocycles. The zero-order chi connectivity index (χ0) is 15.5. The highest BCUT2D eigenvalue weighted by Gasteiger charge is 2.17. The van der Waals surface area contributed by atoms with Crippen LogP contribution in [0.1, 0.15) is 12.5 Å². The van der Waals surface area contributed by atoms with Gasteiger partial charge in [0, 0.05) is 10.5 Å². The van der Waals surface area contributed by atoms with E-state index in [1.54, 1.807) is 30.3 Å². The number of aryl methyl sites for hydroxylation is 1. The molecular formula is C14H15BrN2O3S. The second-order valence-electron chi connectivity index (χ2n) is 4.36. The lowest BCUT2D eigenvalue weighted by Crippen LogP contribution is -2.13. The highest BCUT2D eigenvalue weighted by Crippen LogP contribution is 2.25. The van der Waals surface area contributed by atoms with Crippen molar-refractivity contribution in [3.63, 3.8) is 0 Å². The van der Waals surface area contributed by atoms with Gasteiger partial charge in [0.15, 0.2) is 0 Å². The summed E-state index contributed by atoms with van der Waals surface area (Å²) in [5.74, 6) is 0.456. The highest BCUT2D eigenvalue weighted by molar-refractivity contribution is 9.10. The van der Waals surface area contributed by atoms with Gasteiger partial charge in [0.2, 0.25) is 5.88 Å². The van der Waals surface area contributed by atoms with E-state index in [-0.39, 0.29) is 4.90 Å². The number of rotatable bonds is 5. The Balaban J connectivity index is 2.24. The van der Waals surface area contributed by atoms with E-state index in [9.17, 15) is 8.42 Å². The molecule has 0 radical (unpaired) electrons. The third-order valence-electron chi connectivity index (χ3n) is 2.66. The maximum absolute atomic E-state index is 12.3. The van der Waals surface area contributed by atoms with Crippen molar-refractivity contribution in [3.05, 3.63) is 46.6 Å². The average Bonchev–Trinajstić information content (AvgIpc) is 2.40. The van der Waals surface area contributed by atoms with Crippen LogP contribution in [0.3, 0.4) is 0 Å². The van der Waals surface area contributed by atoms with Gasteiger partial charge < -0.3 is 4.74 Å². The predicted molar refractivity (Wildman–Crippen MR) is 85.1 cm³/mol.